The summed E-state index contributed by atoms with van der Waals surface area (Å²) in [7, 11) is 3.36. The maximum atomic E-state index is 12.3. The van der Waals surface area contributed by atoms with Gasteiger partial charge >= 0.3 is 0 Å². The van der Waals surface area contributed by atoms with Crippen LogP contribution in [0.15, 0.2) is 46.8 Å². The van der Waals surface area contributed by atoms with E-state index in [0.29, 0.717) is 21.4 Å². The zero-order valence-corrected chi connectivity index (χ0v) is 16.4. The number of nitrogens with one attached hydrogen (secondary N) is 1. The highest BCUT2D eigenvalue weighted by atomic mass is 35.5. The first-order valence-electron chi connectivity index (χ1n) is 7.54. The number of nitrogens with zero attached hydrogens (tertiary/aromatic N) is 3. The molecule has 2 aromatic heterocycles. The molecule has 3 rings (SSSR count). The van der Waals surface area contributed by atoms with Crippen molar-refractivity contribution in [1.82, 2.24) is 14.3 Å². The van der Waals surface area contributed by atoms with Crippen LogP contribution < -0.4 is 5.32 Å². The summed E-state index contributed by atoms with van der Waals surface area (Å²) in [5.74, 6) is -0.323. The summed E-state index contributed by atoms with van der Waals surface area (Å²) in [6, 6.07) is 7.15. The molecule has 6 nitrogen and oxygen atoms in total. The number of fused-ring (bicyclic) bond motifs is 1. The Morgan fingerprint density at radius 3 is 2.88 bits per heavy atom. The molecule has 0 unspecified atom stereocenters. The molecule has 2 heterocycles. The lowest BCUT2D eigenvalue weighted by atomic mass is 10.3. The van der Waals surface area contributed by atoms with Gasteiger partial charge in [0, 0.05) is 36.6 Å². The molecule has 0 fully saturated rings. The molecule has 1 N–H and O–H groups in total. The predicted octanol–water partition coefficient (Wildman–Crippen LogP) is 4.47. The average molecular weight is 407 g/mol. The van der Waals surface area contributed by atoms with Crippen LogP contribution in [0.5, 0.6) is 0 Å². The summed E-state index contributed by atoms with van der Waals surface area (Å²) in [4.78, 5) is 31.3. The van der Waals surface area contributed by atoms with Crippen LogP contribution in [0.2, 0.25) is 5.15 Å². The molecule has 0 atom stereocenters. The van der Waals surface area contributed by atoms with Crippen molar-refractivity contribution in [1.29, 1.82) is 0 Å². The van der Waals surface area contributed by atoms with E-state index in [9.17, 15) is 9.59 Å². The first kappa shape index (κ1) is 18.5. The Labute approximate surface area is 163 Å². The number of aromatic nitrogens is 2. The van der Waals surface area contributed by atoms with Crippen LogP contribution >= 0.6 is 34.7 Å². The van der Waals surface area contributed by atoms with E-state index in [2.05, 4.69) is 10.3 Å². The monoisotopic (exact) mass is 406 g/mol. The zero-order valence-electron chi connectivity index (χ0n) is 14.0. The van der Waals surface area contributed by atoms with Gasteiger partial charge in [0.2, 0.25) is 5.91 Å². The minimum absolute atomic E-state index is 0.117. The third-order valence-corrected chi connectivity index (χ3v) is 5.50. The third-order valence-electron chi connectivity index (χ3n) is 3.35. The van der Waals surface area contributed by atoms with Crippen molar-refractivity contribution in [2.75, 3.05) is 19.4 Å². The number of benzene rings is 1. The van der Waals surface area contributed by atoms with Gasteiger partial charge in [-0.25, -0.2) is 4.98 Å². The standard InChI is InChI=1S/C17H15ClN4O2S2/c1-21(2)17(24)26-13-6-4-3-5-11(13)19-14(23)8-7-12-15(18)20-16-22(12)9-10-25-16/h3-10H,1-2H3,(H,19,23)/b8-7+. The fraction of sp³-hybridized carbons (Fsp3) is 0.118. The highest BCUT2D eigenvalue weighted by Crippen LogP contribution is 2.28. The second-order valence-electron chi connectivity index (χ2n) is 5.42. The van der Waals surface area contributed by atoms with E-state index in [4.69, 9.17) is 11.6 Å². The summed E-state index contributed by atoms with van der Waals surface area (Å²) in [6.07, 6.45) is 4.85. The number of hydrogen-bond acceptors (Lipinski definition) is 5. The van der Waals surface area contributed by atoms with E-state index in [1.807, 2.05) is 22.0 Å². The molecule has 0 saturated carbocycles. The summed E-state index contributed by atoms with van der Waals surface area (Å²) in [5, 5.41) is 4.91. The van der Waals surface area contributed by atoms with Crippen LogP contribution in [0.1, 0.15) is 5.69 Å². The first-order valence-corrected chi connectivity index (χ1v) is 9.61. The Bertz CT molecular complexity index is 994. The molecule has 0 spiro atoms. The number of halogens is 1. The molecule has 0 aliphatic carbocycles. The SMILES string of the molecule is CN(C)C(=O)Sc1ccccc1NC(=O)/C=C/c1c(Cl)nc2sccn12. The van der Waals surface area contributed by atoms with Gasteiger partial charge in [-0.2, -0.15) is 0 Å². The molecule has 0 aliphatic rings. The number of amides is 2. The van der Waals surface area contributed by atoms with Gasteiger partial charge < -0.3 is 10.2 Å². The third kappa shape index (κ3) is 4.09. The van der Waals surface area contributed by atoms with E-state index >= 15 is 0 Å². The number of thioether (sulfide) groups is 1. The summed E-state index contributed by atoms with van der Waals surface area (Å²) < 4.78 is 1.82. The maximum Gasteiger partial charge on any atom is 0.286 e. The zero-order chi connectivity index (χ0) is 18.7. The van der Waals surface area contributed by atoms with Gasteiger partial charge in [-0.1, -0.05) is 23.7 Å². The molecule has 1 aromatic carbocycles. The minimum Gasteiger partial charge on any atom is -0.339 e. The molecule has 2 amide bonds. The lowest BCUT2D eigenvalue weighted by Crippen LogP contribution is -2.16. The first-order chi connectivity index (χ1) is 12.5. The topological polar surface area (TPSA) is 66.7 Å². The maximum absolute atomic E-state index is 12.3. The lowest BCUT2D eigenvalue weighted by molar-refractivity contribution is -0.111. The highest BCUT2D eigenvalue weighted by Gasteiger charge is 2.12. The van der Waals surface area contributed by atoms with E-state index in [1.165, 1.54) is 22.3 Å². The van der Waals surface area contributed by atoms with Crippen LogP contribution in [0.4, 0.5) is 10.5 Å². The van der Waals surface area contributed by atoms with Crippen molar-refractivity contribution in [3.8, 4) is 0 Å². The van der Waals surface area contributed by atoms with E-state index in [0.717, 1.165) is 16.7 Å². The van der Waals surface area contributed by atoms with Gasteiger partial charge in [-0.05, 0) is 30.0 Å². The number of carbonyl (C=O) groups excluding carboxylic acids is 2. The Morgan fingerprint density at radius 2 is 2.12 bits per heavy atom. The molecule has 0 saturated heterocycles. The molecular formula is C17H15ClN4O2S2. The molecular weight excluding hydrogens is 392 g/mol. The molecule has 26 heavy (non-hydrogen) atoms. The van der Waals surface area contributed by atoms with Gasteiger partial charge in [0.25, 0.3) is 5.24 Å². The highest BCUT2D eigenvalue weighted by molar-refractivity contribution is 8.13. The minimum atomic E-state index is -0.323. The Hall–Kier alpha value is -2.29. The second kappa shape index (κ2) is 7.94. The number of carbonyl (C=O) groups is 2. The smallest absolute Gasteiger partial charge is 0.286 e. The Balaban J connectivity index is 1.75. The molecule has 134 valence electrons. The molecule has 3 aromatic rings. The lowest BCUT2D eigenvalue weighted by Gasteiger charge is -2.12. The number of para-hydroxylation sites is 1. The predicted molar refractivity (Wildman–Crippen MR) is 107 cm³/mol. The molecule has 9 heteroatoms. The normalized spacial score (nSPS) is 11.2. The van der Waals surface area contributed by atoms with Crippen molar-refractivity contribution in [2.45, 2.75) is 4.90 Å². The molecule has 0 radical (unpaired) electrons. The van der Waals surface area contributed by atoms with E-state index in [-0.39, 0.29) is 11.1 Å². The number of thiazole rings is 1. The van der Waals surface area contributed by atoms with Crippen LogP contribution in [0.3, 0.4) is 0 Å². The average Bonchev–Trinajstić information content (AvgIpc) is 3.15. The summed E-state index contributed by atoms with van der Waals surface area (Å²) in [6.45, 7) is 0. The fourth-order valence-corrected chi connectivity index (χ4v) is 3.85. The quantitative estimate of drug-likeness (QED) is 0.512. The number of hydrogen-bond donors (Lipinski definition) is 1. The van der Waals surface area contributed by atoms with Crippen LogP contribution in [0, 0.1) is 0 Å². The summed E-state index contributed by atoms with van der Waals surface area (Å²) in [5.41, 5.74) is 1.21. The van der Waals surface area contributed by atoms with Gasteiger partial charge in [-0.3, -0.25) is 14.0 Å². The van der Waals surface area contributed by atoms with Crippen molar-refractivity contribution in [2.24, 2.45) is 0 Å². The van der Waals surface area contributed by atoms with Crippen molar-refractivity contribution in [3.63, 3.8) is 0 Å². The van der Waals surface area contributed by atoms with Crippen LogP contribution in [-0.2, 0) is 4.79 Å². The van der Waals surface area contributed by atoms with Crippen LogP contribution in [0.25, 0.3) is 11.0 Å². The van der Waals surface area contributed by atoms with Crippen molar-refractivity contribution >= 4 is 62.6 Å². The number of rotatable bonds is 4. The fourth-order valence-electron chi connectivity index (χ4n) is 2.10. The Kier molecular flexibility index (Phi) is 5.65. The van der Waals surface area contributed by atoms with Gasteiger partial charge in [-0.15, -0.1) is 11.3 Å². The summed E-state index contributed by atoms with van der Waals surface area (Å²) >= 11 is 8.63. The number of imidazole rings is 1. The number of anilines is 1. The van der Waals surface area contributed by atoms with Gasteiger partial charge in [0.05, 0.1) is 11.4 Å². The largest absolute Gasteiger partial charge is 0.339 e. The van der Waals surface area contributed by atoms with E-state index in [1.54, 1.807) is 38.4 Å². The Morgan fingerprint density at radius 1 is 1.35 bits per heavy atom. The van der Waals surface area contributed by atoms with Gasteiger partial charge in [0.1, 0.15) is 0 Å². The van der Waals surface area contributed by atoms with Crippen LogP contribution in [-0.4, -0.2) is 39.5 Å². The molecule has 0 bridgehead atoms. The van der Waals surface area contributed by atoms with Gasteiger partial charge in [0.15, 0.2) is 10.1 Å². The van der Waals surface area contributed by atoms with E-state index < -0.39 is 0 Å². The molecule has 0 aliphatic heterocycles. The van der Waals surface area contributed by atoms with Crippen molar-refractivity contribution < 1.29 is 9.59 Å². The van der Waals surface area contributed by atoms with Crippen molar-refractivity contribution in [3.05, 3.63) is 52.8 Å². The second-order valence-corrected chi connectivity index (χ2v) is 7.65.